The van der Waals surface area contributed by atoms with Gasteiger partial charge in [0.25, 0.3) is 10.0 Å². The number of carbonyl (C=O) groups excluding carboxylic acids is 1. The molecule has 29 heavy (non-hydrogen) atoms. The Labute approximate surface area is 179 Å². The Balaban J connectivity index is 1.78. The molecule has 3 aromatic carbocycles. The lowest BCUT2D eigenvalue weighted by Gasteiger charge is -2.13. The fourth-order valence-corrected chi connectivity index (χ4v) is 4.36. The second-order valence-electron chi connectivity index (χ2n) is 6.45. The summed E-state index contributed by atoms with van der Waals surface area (Å²) in [5.74, 6) is -0.262. The largest absolute Gasteiger partial charge is 0.326 e. The highest BCUT2D eigenvalue weighted by atomic mass is 35.5. The van der Waals surface area contributed by atoms with Gasteiger partial charge in [0.05, 0.1) is 17.0 Å². The van der Waals surface area contributed by atoms with Gasteiger partial charge in [-0.15, -0.1) is 0 Å². The molecule has 1 amide bonds. The Bertz CT molecular complexity index is 1150. The average Bonchev–Trinajstić information content (AvgIpc) is 2.65. The molecule has 0 aliphatic carbocycles. The Hall–Kier alpha value is -2.54. The average molecular weight is 449 g/mol. The number of sulfonamides is 1. The van der Waals surface area contributed by atoms with Gasteiger partial charge in [0.1, 0.15) is 0 Å². The molecule has 0 unspecified atom stereocenters. The lowest BCUT2D eigenvalue weighted by Crippen LogP contribution is -2.17. The van der Waals surface area contributed by atoms with Gasteiger partial charge in [-0.2, -0.15) is 0 Å². The first kappa shape index (κ1) is 21.2. The Morgan fingerprint density at radius 2 is 1.62 bits per heavy atom. The fraction of sp³-hybridized carbons (Fsp3) is 0.0952. The lowest BCUT2D eigenvalue weighted by atomic mass is 10.1. The minimum absolute atomic E-state index is 0.0711. The molecule has 2 N–H and O–H groups in total. The predicted molar refractivity (Wildman–Crippen MR) is 117 cm³/mol. The van der Waals surface area contributed by atoms with E-state index in [2.05, 4.69) is 10.0 Å². The number of hydrogen-bond acceptors (Lipinski definition) is 3. The molecule has 0 saturated carbocycles. The number of hydrogen-bond donors (Lipinski definition) is 2. The van der Waals surface area contributed by atoms with Crippen LogP contribution in [0.4, 0.5) is 11.4 Å². The third-order valence-electron chi connectivity index (χ3n) is 4.12. The number of carbonyl (C=O) groups is 1. The molecule has 0 fully saturated rings. The van der Waals surface area contributed by atoms with Crippen LogP contribution in [0.25, 0.3) is 0 Å². The molecular weight excluding hydrogens is 431 g/mol. The van der Waals surface area contributed by atoms with E-state index in [1.54, 1.807) is 61.5 Å². The maximum atomic E-state index is 12.8. The van der Waals surface area contributed by atoms with Crippen LogP contribution in [0.5, 0.6) is 0 Å². The van der Waals surface area contributed by atoms with E-state index in [0.29, 0.717) is 27.0 Å². The standard InChI is InChI=1S/C21H18Cl2N2O3S/c1-14-5-10-18(24-21(26)11-15-6-8-16(22)9-7-15)13-20(14)29(27,28)25-19-4-2-3-17(23)12-19/h2-10,12-13,25H,11H2,1H3,(H,24,26). The second-order valence-corrected chi connectivity index (χ2v) is 8.97. The first-order valence-electron chi connectivity index (χ1n) is 8.66. The molecule has 3 aromatic rings. The molecular formula is C21H18Cl2N2O3S. The summed E-state index contributed by atoms with van der Waals surface area (Å²) >= 11 is 11.8. The maximum Gasteiger partial charge on any atom is 0.262 e. The summed E-state index contributed by atoms with van der Waals surface area (Å²) in [5, 5.41) is 3.75. The van der Waals surface area contributed by atoms with Gasteiger partial charge in [0.15, 0.2) is 0 Å². The second kappa shape index (κ2) is 8.86. The molecule has 0 atom stereocenters. The summed E-state index contributed by atoms with van der Waals surface area (Å²) in [5.41, 5.74) is 2.10. The SMILES string of the molecule is Cc1ccc(NC(=O)Cc2ccc(Cl)cc2)cc1S(=O)(=O)Nc1cccc(Cl)c1. The van der Waals surface area contributed by atoms with Gasteiger partial charge in [-0.3, -0.25) is 9.52 Å². The van der Waals surface area contributed by atoms with E-state index in [4.69, 9.17) is 23.2 Å². The highest BCUT2D eigenvalue weighted by molar-refractivity contribution is 7.92. The molecule has 0 spiro atoms. The number of benzene rings is 3. The van der Waals surface area contributed by atoms with Crippen LogP contribution >= 0.6 is 23.2 Å². The molecule has 3 rings (SSSR count). The number of aryl methyl sites for hydroxylation is 1. The zero-order valence-corrected chi connectivity index (χ0v) is 17.8. The highest BCUT2D eigenvalue weighted by Crippen LogP contribution is 2.24. The summed E-state index contributed by atoms with van der Waals surface area (Å²) in [6.07, 6.45) is 0.147. The van der Waals surface area contributed by atoms with Gasteiger partial charge in [-0.1, -0.05) is 47.5 Å². The van der Waals surface area contributed by atoms with E-state index < -0.39 is 10.0 Å². The minimum atomic E-state index is -3.86. The third kappa shape index (κ3) is 5.73. The molecule has 0 aromatic heterocycles. The quantitative estimate of drug-likeness (QED) is 0.538. The van der Waals surface area contributed by atoms with Gasteiger partial charge in [-0.25, -0.2) is 8.42 Å². The van der Waals surface area contributed by atoms with Crippen molar-refractivity contribution in [3.05, 3.63) is 87.9 Å². The fourth-order valence-electron chi connectivity index (χ4n) is 2.72. The van der Waals surface area contributed by atoms with Crippen molar-refractivity contribution in [1.29, 1.82) is 0 Å². The number of rotatable bonds is 6. The van der Waals surface area contributed by atoms with Crippen molar-refractivity contribution in [2.45, 2.75) is 18.2 Å². The van der Waals surface area contributed by atoms with Crippen LogP contribution in [-0.4, -0.2) is 14.3 Å². The molecule has 0 heterocycles. The van der Waals surface area contributed by atoms with Crippen molar-refractivity contribution in [2.24, 2.45) is 0 Å². The molecule has 0 aliphatic heterocycles. The lowest BCUT2D eigenvalue weighted by molar-refractivity contribution is -0.115. The van der Waals surface area contributed by atoms with Crippen LogP contribution in [0.1, 0.15) is 11.1 Å². The number of anilines is 2. The molecule has 0 saturated heterocycles. The van der Waals surface area contributed by atoms with Gasteiger partial charge >= 0.3 is 0 Å². The van der Waals surface area contributed by atoms with Gasteiger partial charge in [0.2, 0.25) is 5.91 Å². The summed E-state index contributed by atoms with van der Waals surface area (Å²) in [4.78, 5) is 12.4. The monoisotopic (exact) mass is 448 g/mol. The number of halogens is 2. The van der Waals surface area contributed by atoms with Crippen LogP contribution < -0.4 is 10.0 Å². The van der Waals surface area contributed by atoms with Crippen molar-refractivity contribution >= 4 is 50.5 Å². The van der Waals surface area contributed by atoms with Crippen molar-refractivity contribution in [1.82, 2.24) is 0 Å². The van der Waals surface area contributed by atoms with E-state index in [0.717, 1.165) is 5.56 Å². The Morgan fingerprint density at radius 3 is 2.31 bits per heavy atom. The molecule has 150 valence electrons. The van der Waals surface area contributed by atoms with E-state index in [9.17, 15) is 13.2 Å². The summed E-state index contributed by atoms with van der Waals surface area (Å²) in [6.45, 7) is 1.69. The molecule has 5 nitrogen and oxygen atoms in total. The van der Waals surface area contributed by atoms with Crippen molar-refractivity contribution < 1.29 is 13.2 Å². The van der Waals surface area contributed by atoms with Gasteiger partial charge in [0, 0.05) is 15.7 Å². The van der Waals surface area contributed by atoms with Crippen LogP contribution in [0, 0.1) is 6.92 Å². The smallest absolute Gasteiger partial charge is 0.262 e. The third-order valence-corrected chi connectivity index (χ3v) is 6.13. The van der Waals surface area contributed by atoms with E-state index in [1.807, 2.05) is 0 Å². The number of nitrogens with one attached hydrogen (secondary N) is 2. The first-order valence-corrected chi connectivity index (χ1v) is 10.9. The Morgan fingerprint density at radius 1 is 0.897 bits per heavy atom. The maximum absolute atomic E-state index is 12.8. The normalized spacial score (nSPS) is 11.1. The van der Waals surface area contributed by atoms with Gasteiger partial charge < -0.3 is 5.32 Å². The molecule has 0 radical (unpaired) electrons. The zero-order valence-electron chi connectivity index (χ0n) is 15.4. The summed E-state index contributed by atoms with van der Waals surface area (Å²) in [6, 6.07) is 18.1. The Kier molecular flexibility index (Phi) is 6.47. The molecule has 8 heteroatoms. The molecule has 0 bridgehead atoms. The summed E-state index contributed by atoms with van der Waals surface area (Å²) in [7, 11) is -3.86. The zero-order chi connectivity index (χ0) is 21.0. The van der Waals surface area contributed by atoms with E-state index in [-0.39, 0.29) is 17.2 Å². The van der Waals surface area contributed by atoms with Crippen LogP contribution in [-0.2, 0) is 21.2 Å². The van der Waals surface area contributed by atoms with Crippen LogP contribution in [0.3, 0.4) is 0 Å². The highest BCUT2D eigenvalue weighted by Gasteiger charge is 2.18. The topological polar surface area (TPSA) is 75.3 Å². The molecule has 0 aliphatic rings. The van der Waals surface area contributed by atoms with Crippen molar-refractivity contribution in [3.63, 3.8) is 0 Å². The van der Waals surface area contributed by atoms with Crippen molar-refractivity contribution in [2.75, 3.05) is 10.0 Å². The predicted octanol–water partition coefficient (Wildman–Crippen LogP) is 5.28. The number of amides is 1. The van der Waals surface area contributed by atoms with E-state index in [1.165, 1.54) is 12.1 Å². The van der Waals surface area contributed by atoms with Crippen molar-refractivity contribution in [3.8, 4) is 0 Å². The first-order chi connectivity index (χ1) is 13.7. The summed E-state index contributed by atoms with van der Waals surface area (Å²) < 4.78 is 28.1. The van der Waals surface area contributed by atoms with E-state index >= 15 is 0 Å². The minimum Gasteiger partial charge on any atom is -0.326 e. The van der Waals surface area contributed by atoms with Crippen LogP contribution in [0.15, 0.2) is 71.6 Å². The van der Waals surface area contributed by atoms with Gasteiger partial charge in [-0.05, 0) is 60.5 Å². The van der Waals surface area contributed by atoms with Crippen LogP contribution in [0.2, 0.25) is 10.0 Å².